The van der Waals surface area contributed by atoms with E-state index in [0.29, 0.717) is 0 Å². The molecule has 10 nitrogen and oxygen atoms in total. The first kappa shape index (κ1) is 13.4. The maximum Gasteiger partial charge on any atom is 0.326 e. The van der Waals surface area contributed by atoms with Crippen LogP contribution in [0.4, 0.5) is 10.7 Å². The molecule has 0 aliphatic heterocycles. The molecule has 0 radical (unpaired) electrons. The summed E-state index contributed by atoms with van der Waals surface area (Å²) in [6, 6.07) is -2.39. The number of rotatable bonds is 5. The van der Waals surface area contributed by atoms with Crippen LogP contribution in [0.2, 0.25) is 0 Å². The van der Waals surface area contributed by atoms with E-state index in [0.717, 1.165) is 0 Å². The minimum atomic E-state index is -1.52. The summed E-state index contributed by atoms with van der Waals surface area (Å²) in [6.45, 7) is 0. The Bertz CT molecular complexity index is 470. The molecule has 0 saturated carbocycles. The molecular weight excluding hydrogens is 246 g/mol. The summed E-state index contributed by atoms with van der Waals surface area (Å²) < 4.78 is 1.26. The van der Waals surface area contributed by atoms with Crippen LogP contribution in [-0.4, -0.2) is 49.0 Å². The van der Waals surface area contributed by atoms with Gasteiger partial charge in [0.1, 0.15) is 12.4 Å². The lowest BCUT2D eigenvalue weighted by Gasteiger charge is -2.12. The fourth-order valence-electron chi connectivity index (χ4n) is 1.08. The van der Waals surface area contributed by atoms with Gasteiger partial charge in [0.15, 0.2) is 0 Å². The maximum atomic E-state index is 11.4. The average Bonchev–Trinajstić information content (AvgIpc) is 2.62. The molecule has 4 N–H and O–H groups in total. The van der Waals surface area contributed by atoms with Crippen molar-refractivity contribution in [3.05, 3.63) is 6.33 Å². The van der Waals surface area contributed by atoms with Gasteiger partial charge in [-0.25, -0.2) is 14.3 Å². The Morgan fingerprint density at radius 1 is 1.44 bits per heavy atom. The second-order valence-corrected chi connectivity index (χ2v) is 3.29. The largest absolute Gasteiger partial charge is 0.481 e. The highest BCUT2D eigenvalue weighted by atomic mass is 16.4. The number of nitrogens with zero attached hydrogens (tertiary/aromatic N) is 3. The molecule has 1 rings (SSSR count). The summed E-state index contributed by atoms with van der Waals surface area (Å²) in [5, 5.41) is 25.1. The highest BCUT2D eigenvalue weighted by Gasteiger charge is 2.23. The summed E-state index contributed by atoms with van der Waals surface area (Å²) in [4.78, 5) is 36.2. The van der Waals surface area contributed by atoms with Gasteiger partial charge in [0.05, 0.1) is 6.42 Å². The molecule has 1 heterocycles. The third-order valence-electron chi connectivity index (χ3n) is 1.92. The average molecular weight is 257 g/mol. The molecule has 0 fully saturated rings. The lowest BCUT2D eigenvalue weighted by atomic mass is 10.2. The third kappa shape index (κ3) is 3.73. The number of hydrogen-bond acceptors (Lipinski definition) is 5. The summed E-state index contributed by atoms with van der Waals surface area (Å²) in [5.74, 6) is -2.67. The van der Waals surface area contributed by atoms with Gasteiger partial charge in [-0.1, -0.05) is 0 Å². The van der Waals surface area contributed by atoms with Gasteiger partial charge in [0.2, 0.25) is 5.95 Å². The Balaban J connectivity index is 2.59. The zero-order valence-electron chi connectivity index (χ0n) is 9.32. The number of carbonyl (C=O) groups excluding carboxylic acids is 1. The number of aromatic nitrogens is 3. The number of hydrogen-bond donors (Lipinski definition) is 4. The van der Waals surface area contributed by atoms with Gasteiger partial charge < -0.3 is 15.5 Å². The van der Waals surface area contributed by atoms with Crippen molar-refractivity contribution in [2.24, 2.45) is 7.05 Å². The SMILES string of the molecule is Cn1ncnc1NC(=O)N[C@H](CC(=O)O)C(=O)O. The number of amides is 2. The fraction of sp³-hybridized carbons (Fsp3) is 0.375. The normalized spacial score (nSPS) is 11.6. The van der Waals surface area contributed by atoms with Crippen LogP contribution < -0.4 is 10.6 Å². The Morgan fingerprint density at radius 2 is 2.11 bits per heavy atom. The van der Waals surface area contributed by atoms with E-state index in [2.05, 4.69) is 15.4 Å². The predicted octanol–water partition coefficient (Wildman–Crippen LogP) is -1.14. The Morgan fingerprint density at radius 3 is 2.56 bits per heavy atom. The van der Waals surface area contributed by atoms with Crippen LogP contribution in [0.1, 0.15) is 6.42 Å². The molecule has 10 heteroatoms. The predicted molar refractivity (Wildman–Crippen MR) is 56.8 cm³/mol. The Labute approximate surface area is 101 Å². The van der Waals surface area contributed by atoms with Crippen molar-refractivity contribution in [2.75, 3.05) is 5.32 Å². The van der Waals surface area contributed by atoms with Gasteiger partial charge in [0.25, 0.3) is 0 Å². The van der Waals surface area contributed by atoms with E-state index < -0.39 is 30.4 Å². The molecule has 1 atom stereocenters. The van der Waals surface area contributed by atoms with Crippen LogP contribution in [0.3, 0.4) is 0 Å². The lowest BCUT2D eigenvalue weighted by molar-refractivity contribution is -0.145. The number of urea groups is 1. The molecule has 0 unspecified atom stereocenters. The molecule has 0 bridgehead atoms. The van der Waals surface area contributed by atoms with Crippen LogP contribution in [0.5, 0.6) is 0 Å². The first-order valence-electron chi connectivity index (χ1n) is 4.76. The topological polar surface area (TPSA) is 146 Å². The number of nitrogens with one attached hydrogen (secondary N) is 2. The highest BCUT2D eigenvalue weighted by Crippen LogP contribution is 1.99. The van der Waals surface area contributed by atoms with Gasteiger partial charge in [-0.05, 0) is 0 Å². The van der Waals surface area contributed by atoms with Crippen molar-refractivity contribution >= 4 is 23.9 Å². The summed E-state index contributed by atoms with van der Waals surface area (Å²) in [7, 11) is 1.52. The van der Waals surface area contributed by atoms with Crippen LogP contribution in [0, 0.1) is 0 Å². The van der Waals surface area contributed by atoms with Crippen molar-refractivity contribution in [3.8, 4) is 0 Å². The van der Waals surface area contributed by atoms with E-state index in [1.807, 2.05) is 5.32 Å². The minimum Gasteiger partial charge on any atom is -0.481 e. The molecule has 0 aromatic carbocycles. The fourth-order valence-corrected chi connectivity index (χ4v) is 1.08. The maximum absolute atomic E-state index is 11.4. The van der Waals surface area contributed by atoms with Crippen LogP contribution in [0.25, 0.3) is 0 Å². The third-order valence-corrected chi connectivity index (χ3v) is 1.92. The lowest BCUT2D eigenvalue weighted by Crippen LogP contribution is -2.44. The standard InChI is InChI=1S/C8H11N5O5/c1-13-7(9-3-10-13)12-8(18)11-4(6(16)17)2-5(14)15/h3-4H,2H2,1H3,(H,14,15)(H,16,17)(H2,9,10,11,12,18)/t4-/m1/s1. The Kier molecular flexibility index (Phi) is 4.18. The van der Waals surface area contributed by atoms with Crippen molar-refractivity contribution in [3.63, 3.8) is 0 Å². The second kappa shape index (κ2) is 5.61. The number of aryl methyl sites for hydroxylation is 1. The zero-order valence-corrected chi connectivity index (χ0v) is 9.32. The molecule has 1 aromatic heterocycles. The van der Waals surface area contributed by atoms with Gasteiger partial charge in [-0.15, -0.1) is 0 Å². The monoisotopic (exact) mass is 257 g/mol. The Hall–Kier alpha value is -2.65. The number of aliphatic carboxylic acids is 2. The molecule has 2 amide bonds. The summed E-state index contributed by atoms with van der Waals surface area (Å²) in [6.07, 6.45) is 0.475. The first-order chi connectivity index (χ1) is 8.40. The molecule has 0 aliphatic rings. The summed E-state index contributed by atoms with van der Waals surface area (Å²) >= 11 is 0. The number of carbonyl (C=O) groups is 3. The van der Waals surface area contributed by atoms with Crippen molar-refractivity contribution in [1.29, 1.82) is 0 Å². The van der Waals surface area contributed by atoms with Gasteiger partial charge in [0, 0.05) is 7.05 Å². The quantitative estimate of drug-likeness (QED) is 0.521. The van der Waals surface area contributed by atoms with Crippen LogP contribution >= 0.6 is 0 Å². The summed E-state index contributed by atoms with van der Waals surface area (Å²) in [5.41, 5.74) is 0. The van der Waals surface area contributed by atoms with E-state index in [1.165, 1.54) is 18.1 Å². The van der Waals surface area contributed by atoms with E-state index >= 15 is 0 Å². The van der Waals surface area contributed by atoms with E-state index in [-0.39, 0.29) is 5.95 Å². The van der Waals surface area contributed by atoms with Crippen molar-refractivity contribution in [1.82, 2.24) is 20.1 Å². The minimum absolute atomic E-state index is 0.104. The van der Waals surface area contributed by atoms with Crippen LogP contribution in [-0.2, 0) is 16.6 Å². The number of anilines is 1. The van der Waals surface area contributed by atoms with Gasteiger partial charge in [-0.2, -0.15) is 10.1 Å². The molecule has 98 valence electrons. The number of carboxylic acids is 2. The van der Waals surface area contributed by atoms with E-state index in [9.17, 15) is 14.4 Å². The smallest absolute Gasteiger partial charge is 0.326 e. The molecule has 1 aromatic rings. The molecule has 0 saturated heterocycles. The second-order valence-electron chi connectivity index (χ2n) is 3.29. The first-order valence-corrected chi connectivity index (χ1v) is 4.76. The molecule has 18 heavy (non-hydrogen) atoms. The van der Waals surface area contributed by atoms with E-state index in [4.69, 9.17) is 10.2 Å². The molecular formula is C8H11N5O5. The number of carboxylic acid groups (broad SMARTS) is 2. The highest BCUT2D eigenvalue weighted by molar-refractivity contribution is 5.92. The van der Waals surface area contributed by atoms with Gasteiger partial charge in [-0.3, -0.25) is 10.1 Å². The van der Waals surface area contributed by atoms with Crippen LogP contribution in [0.15, 0.2) is 6.33 Å². The molecule has 0 aliphatic carbocycles. The van der Waals surface area contributed by atoms with E-state index in [1.54, 1.807) is 0 Å². The molecule has 0 spiro atoms. The van der Waals surface area contributed by atoms with Crippen molar-refractivity contribution < 1.29 is 24.6 Å². The zero-order chi connectivity index (χ0) is 13.7. The van der Waals surface area contributed by atoms with Crippen molar-refractivity contribution in [2.45, 2.75) is 12.5 Å². The van der Waals surface area contributed by atoms with Gasteiger partial charge >= 0.3 is 18.0 Å².